The average Bonchev–Trinajstić information content (AvgIpc) is 2.51. The first kappa shape index (κ1) is 18.1. The Morgan fingerprint density at radius 3 is 1.83 bits per heavy atom. The van der Waals surface area contributed by atoms with Crippen molar-refractivity contribution in [1.29, 1.82) is 0 Å². The molecule has 0 fully saturated rings. The number of hydrogen-bond donors (Lipinski definition) is 1. The molecule has 0 spiro atoms. The van der Waals surface area contributed by atoms with E-state index in [1.54, 1.807) is 6.07 Å². The molecule has 0 aromatic heterocycles. The first-order valence-corrected chi connectivity index (χ1v) is 6.78. The Balaban J connectivity index is 2.36. The molecule has 0 saturated carbocycles. The second kappa shape index (κ2) is 6.68. The number of hydrogen-bond acceptors (Lipinski definition) is 1. The lowest BCUT2D eigenvalue weighted by atomic mass is 10.00. The first-order valence-electron chi connectivity index (χ1n) is 6.78. The van der Waals surface area contributed by atoms with Crippen molar-refractivity contribution < 1.29 is 31.4 Å². The summed E-state index contributed by atoms with van der Waals surface area (Å²) >= 11 is 0. The van der Waals surface area contributed by atoms with Crippen molar-refractivity contribution in [2.45, 2.75) is 18.5 Å². The van der Waals surface area contributed by atoms with E-state index in [0.717, 1.165) is 12.1 Å². The van der Waals surface area contributed by atoms with Gasteiger partial charge in [-0.1, -0.05) is 42.5 Å². The molecule has 0 unspecified atom stereocenters. The lowest BCUT2D eigenvalue weighted by molar-refractivity contribution is -0.137. The van der Waals surface area contributed by atoms with Crippen LogP contribution in [0.25, 0.3) is 5.57 Å². The number of alkyl halides is 6. The molecule has 0 saturated heterocycles. The van der Waals surface area contributed by atoms with Crippen LogP contribution in [0.4, 0.5) is 26.3 Å². The number of allylic oxidation sites excluding steroid dienone is 1. The molecular weight excluding hydrogens is 334 g/mol. The molecule has 1 atom stereocenters. The van der Waals surface area contributed by atoms with E-state index in [1.165, 1.54) is 24.3 Å². The quantitative estimate of drug-likeness (QED) is 0.740. The number of aliphatic hydroxyl groups excluding tert-OH is 1. The van der Waals surface area contributed by atoms with Crippen LogP contribution in [-0.2, 0) is 6.18 Å². The standard InChI is InChI=1S/C17H12F6O/c18-16(19,20)13-8-6-12(7-9-13)15(24)10-14(17(21,22)23)11-4-2-1-3-5-11/h1-10,15,24H/b14-10+/t15-/m1/s1. The molecule has 128 valence electrons. The van der Waals surface area contributed by atoms with Gasteiger partial charge in [0.15, 0.2) is 0 Å². The van der Waals surface area contributed by atoms with Crippen LogP contribution in [0.15, 0.2) is 60.7 Å². The Labute approximate surface area is 133 Å². The van der Waals surface area contributed by atoms with Crippen molar-refractivity contribution in [3.63, 3.8) is 0 Å². The summed E-state index contributed by atoms with van der Waals surface area (Å²) in [6.07, 6.45) is -10.4. The fraction of sp³-hybridized carbons (Fsp3) is 0.176. The Morgan fingerprint density at radius 1 is 0.833 bits per heavy atom. The van der Waals surface area contributed by atoms with Gasteiger partial charge in [0.05, 0.1) is 17.2 Å². The summed E-state index contributed by atoms with van der Waals surface area (Å²) in [5.74, 6) is 0. The third kappa shape index (κ3) is 4.38. The van der Waals surface area contributed by atoms with Crippen LogP contribution >= 0.6 is 0 Å². The van der Waals surface area contributed by atoms with Crippen molar-refractivity contribution in [3.05, 3.63) is 77.4 Å². The second-order valence-electron chi connectivity index (χ2n) is 5.01. The van der Waals surface area contributed by atoms with E-state index in [4.69, 9.17) is 0 Å². The zero-order valence-electron chi connectivity index (χ0n) is 12.1. The van der Waals surface area contributed by atoms with Crippen LogP contribution in [0.5, 0.6) is 0 Å². The lowest BCUT2D eigenvalue weighted by Crippen LogP contribution is -2.12. The lowest BCUT2D eigenvalue weighted by Gasteiger charge is -2.15. The van der Waals surface area contributed by atoms with Crippen molar-refractivity contribution in [1.82, 2.24) is 0 Å². The topological polar surface area (TPSA) is 20.2 Å². The largest absolute Gasteiger partial charge is 0.416 e. The average molecular weight is 346 g/mol. The van der Waals surface area contributed by atoms with Gasteiger partial charge in [0, 0.05) is 0 Å². The summed E-state index contributed by atoms with van der Waals surface area (Å²) in [6, 6.07) is 10.2. The molecule has 0 aliphatic rings. The molecule has 0 aliphatic carbocycles. The monoisotopic (exact) mass is 346 g/mol. The normalized spacial score (nSPS) is 14.5. The van der Waals surface area contributed by atoms with Gasteiger partial charge in [-0.2, -0.15) is 26.3 Å². The number of aliphatic hydroxyl groups is 1. The minimum atomic E-state index is -4.71. The highest BCUT2D eigenvalue weighted by Crippen LogP contribution is 2.36. The molecule has 0 heterocycles. The highest BCUT2D eigenvalue weighted by Gasteiger charge is 2.35. The van der Waals surface area contributed by atoms with Gasteiger partial charge in [0.1, 0.15) is 0 Å². The van der Waals surface area contributed by atoms with E-state index in [1.807, 2.05) is 0 Å². The van der Waals surface area contributed by atoms with Crippen LogP contribution < -0.4 is 0 Å². The molecule has 24 heavy (non-hydrogen) atoms. The van der Waals surface area contributed by atoms with Crippen LogP contribution in [0, 0.1) is 0 Å². The first-order chi connectivity index (χ1) is 11.1. The third-order valence-electron chi connectivity index (χ3n) is 3.29. The molecule has 7 heteroatoms. The smallest absolute Gasteiger partial charge is 0.384 e. The maximum Gasteiger partial charge on any atom is 0.416 e. The Hall–Kier alpha value is -2.28. The van der Waals surface area contributed by atoms with Gasteiger partial charge >= 0.3 is 12.4 Å². The summed E-state index contributed by atoms with van der Waals surface area (Å²) in [6.45, 7) is 0. The summed E-state index contributed by atoms with van der Waals surface area (Å²) < 4.78 is 77.0. The van der Waals surface area contributed by atoms with Gasteiger partial charge in [0.25, 0.3) is 0 Å². The van der Waals surface area contributed by atoms with Crippen molar-refractivity contribution in [3.8, 4) is 0 Å². The third-order valence-corrected chi connectivity index (χ3v) is 3.29. The van der Waals surface area contributed by atoms with Crippen LogP contribution in [0.3, 0.4) is 0 Å². The summed E-state index contributed by atoms with van der Waals surface area (Å²) in [5.41, 5.74) is -2.21. The van der Waals surface area contributed by atoms with E-state index in [0.29, 0.717) is 18.2 Å². The Bertz CT molecular complexity index is 699. The van der Waals surface area contributed by atoms with Crippen molar-refractivity contribution in [2.75, 3.05) is 0 Å². The van der Waals surface area contributed by atoms with E-state index in [9.17, 15) is 31.4 Å². The highest BCUT2D eigenvalue weighted by molar-refractivity contribution is 5.70. The van der Waals surface area contributed by atoms with E-state index in [2.05, 4.69) is 0 Å². The maximum atomic E-state index is 13.2. The Morgan fingerprint density at radius 2 is 1.38 bits per heavy atom. The SMILES string of the molecule is O[C@H](/C=C(\c1ccccc1)C(F)(F)F)c1ccc(C(F)(F)F)cc1. The minimum Gasteiger partial charge on any atom is -0.384 e. The molecule has 2 rings (SSSR count). The molecule has 0 bridgehead atoms. The second-order valence-corrected chi connectivity index (χ2v) is 5.01. The fourth-order valence-electron chi connectivity index (χ4n) is 2.10. The molecule has 2 aromatic carbocycles. The van der Waals surface area contributed by atoms with Crippen LogP contribution in [-0.4, -0.2) is 11.3 Å². The summed E-state index contributed by atoms with van der Waals surface area (Å²) in [5, 5.41) is 9.95. The van der Waals surface area contributed by atoms with Crippen LogP contribution in [0.2, 0.25) is 0 Å². The van der Waals surface area contributed by atoms with Gasteiger partial charge in [-0.05, 0) is 29.3 Å². The molecule has 0 aliphatic heterocycles. The van der Waals surface area contributed by atoms with Crippen molar-refractivity contribution >= 4 is 5.57 Å². The summed E-state index contributed by atoms with van der Waals surface area (Å²) in [4.78, 5) is 0. The molecule has 2 aromatic rings. The van der Waals surface area contributed by atoms with Gasteiger partial charge in [-0.15, -0.1) is 0 Å². The predicted octanol–water partition coefficient (Wildman–Crippen LogP) is 5.38. The molecular formula is C17H12F6O. The molecule has 1 nitrogen and oxygen atoms in total. The summed E-state index contributed by atoms with van der Waals surface area (Å²) in [7, 11) is 0. The van der Waals surface area contributed by atoms with Gasteiger partial charge in [-0.3, -0.25) is 0 Å². The molecule has 0 amide bonds. The predicted molar refractivity (Wildman–Crippen MR) is 76.9 cm³/mol. The Kier molecular flexibility index (Phi) is 5.03. The van der Waals surface area contributed by atoms with Gasteiger partial charge in [0.2, 0.25) is 0 Å². The van der Waals surface area contributed by atoms with Gasteiger partial charge in [-0.25, -0.2) is 0 Å². The van der Waals surface area contributed by atoms with E-state index in [-0.39, 0.29) is 11.1 Å². The number of benzene rings is 2. The van der Waals surface area contributed by atoms with E-state index >= 15 is 0 Å². The van der Waals surface area contributed by atoms with E-state index < -0.39 is 29.6 Å². The molecule has 0 radical (unpaired) electrons. The zero-order valence-corrected chi connectivity index (χ0v) is 12.1. The van der Waals surface area contributed by atoms with Crippen LogP contribution in [0.1, 0.15) is 22.8 Å². The van der Waals surface area contributed by atoms with Crippen molar-refractivity contribution in [2.24, 2.45) is 0 Å². The molecule has 1 N–H and O–H groups in total. The maximum absolute atomic E-state index is 13.2. The highest BCUT2D eigenvalue weighted by atomic mass is 19.4. The number of rotatable bonds is 3. The van der Waals surface area contributed by atoms with Gasteiger partial charge < -0.3 is 5.11 Å². The number of halogens is 6. The fourth-order valence-corrected chi connectivity index (χ4v) is 2.10. The minimum absolute atomic E-state index is 0.0688. The zero-order chi connectivity index (χ0) is 18.0.